The summed E-state index contributed by atoms with van der Waals surface area (Å²) in [6.45, 7) is 2.01. The maximum absolute atomic E-state index is 8.90. The Balaban J connectivity index is 2.24. The Morgan fingerprint density at radius 2 is 2.57 bits per heavy atom. The molecule has 0 amide bonds. The smallest absolute Gasteiger partial charge is 0.139 e. The van der Waals surface area contributed by atoms with Crippen LogP contribution < -0.4 is 5.32 Å². The molecule has 0 radical (unpaired) electrons. The summed E-state index contributed by atoms with van der Waals surface area (Å²) in [6, 6.07) is 4.20. The minimum absolute atomic E-state index is 0.246. The number of nitrogens with one attached hydrogen (secondary N) is 1. The lowest BCUT2D eigenvalue weighted by Gasteiger charge is -2.26. The van der Waals surface area contributed by atoms with Crippen LogP contribution in [0.4, 0.5) is 0 Å². The fourth-order valence-corrected chi connectivity index (χ4v) is 1.44. The van der Waals surface area contributed by atoms with E-state index in [1.807, 2.05) is 13.1 Å². The molecule has 1 aliphatic heterocycles. The first-order valence-corrected chi connectivity index (χ1v) is 4.56. The molecule has 5 heteroatoms. The van der Waals surface area contributed by atoms with Crippen molar-refractivity contribution in [3.05, 3.63) is 17.5 Å². The SMILES string of the molecule is CNCc1cc(C#N)n(C2COC2)n1. The predicted octanol–water partition coefficient (Wildman–Crippen LogP) is 0.0455. The van der Waals surface area contributed by atoms with Crippen LogP contribution in [0.3, 0.4) is 0 Å². The van der Waals surface area contributed by atoms with Gasteiger partial charge in [-0.25, -0.2) is 4.68 Å². The van der Waals surface area contributed by atoms with Crippen molar-refractivity contribution < 1.29 is 4.74 Å². The van der Waals surface area contributed by atoms with Gasteiger partial charge in [0.15, 0.2) is 0 Å². The van der Waals surface area contributed by atoms with E-state index in [9.17, 15) is 0 Å². The highest BCUT2D eigenvalue weighted by atomic mass is 16.5. The summed E-state index contributed by atoms with van der Waals surface area (Å²) in [5, 5.41) is 16.2. The van der Waals surface area contributed by atoms with Crippen molar-refractivity contribution in [2.45, 2.75) is 12.6 Å². The highest BCUT2D eigenvalue weighted by Gasteiger charge is 2.24. The molecule has 1 aliphatic rings. The first kappa shape index (κ1) is 9.19. The lowest BCUT2D eigenvalue weighted by molar-refractivity contribution is -0.0291. The second-order valence-corrected chi connectivity index (χ2v) is 3.30. The van der Waals surface area contributed by atoms with Crippen LogP contribution in [0.5, 0.6) is 0 Å². The standard InChI is InChI=1S/C9H12N4O/c1-11-4-7-2-8(3-10)13(12-7)9-5-14-6-9/h2,9,11H,4-6H2,1H3. The third kappa shape index (κ3) is 1.50. The van der Waals surface area contributed by atoms with E-state index in [0.29, 0.717) is 25.5 Å². The molecule has 2 heterocycles. The first-order chi connectivity index (χ1) is 6.85. The van der Waals surface area contributed by atoms with Gasteiger partial charge in [-0.3, -0.25) is 0 Å². The van der Waals surface area contributed by atoms with E-state index in [1.165, 1.54) is 0 Å². The third-order valence-corrected chi connectivity index (χ3v) is 2.23. The molecule has 0 bridgehead atoms. The fourth-order valence-electron chi connectivity index (χ4n) is 1.44. The molecule has 2 rings (SSSR count). The second-order valence-electron chi connectivity index (χ2n) is 3.30. The molecule has 0 aromatic carbocycles. The van der Waals surface area contributed by atoms with E-state index < -0.39 is 0 Å². The highest BCUT2D eigenvalue weighted by molar-refractivity contribution is 5.24. The third-order valence-electron chi connectivity index (χ3n) is 2.23. The zero-order valence-corrected chi connectivity index (χ0v) is 8.03. The van der Waals surface area contributed by atoms with Crippen LogP contribution in [-0.4, -0.2) is 30.0 Å². The topological polar surface area (TPSA) is 62.9 Å². The summed E-state index contributed by atoms with van der Waals surface area (Å²) in [5.41, 5.74) is 1.51. The Kier molecular flexibility index (Phi) is 2.48. The number of hydrogen-bond acceptors (Lipinski definition) is 4. The Hall–Kier alpha value is -1.38. The molecule has 14 heavy (non-hydrogen) atoms. The van der Waals surface area contributed by atoms with E-state index in [-0.39, 0.29) is 6.04 Å². The van der Waals surface area contributed by atoms with Crippen LogP contribution >= 0.6 is 0 Å². The second kappa shape index (κ2) is 3.78. The Morgan fingerprint density at radius 1 is 1.79 bits per heavy atom. The van der Waals surface area contributed by atoms with Crippen molar-refractivity contribution in [3.63, 3.8) is 0 Å². The normalized spacial score (nSPS) is 16.3. The average Bonchev–Trinajstić information content (AvgIpc) is 2.46. The molecule has 1 aromatic heterocycles. The summed E-state index contributed by atoms with van der Waals surface area (Å²) in [7, 11) is 1.86. The monoisotopic (exact) mass is 192 g/mol. The van der Waals surface area contributed by atoms with Crippen molar-refractivity contribution >= 4 is 0 Å². The van der Waals surface area contributed by atoms with Gasteiger partial charge in [-0.05, 0) is 13.1 Å². The van der Waals surface area contributed by atoms with Gasteiger partial charge in [-0.1, -0.05) is 0 Å². The van der Waals surface area contributed by atoms with Gasteiger partial charge < -0.3 is 10.1 Å². The van der Waals surface area contributed by atoms with E-state index in [1.54, 1.807) is 4.68 Å². The van der Waals surface area contributed by atoms with Crippen LogP contribution in [0.15, 0.2) is 6.07 Å². The number of rotatable bonds is 3. The summed E-state index contributed by atoms with van der Waals surface area (Å²) < 4.78 is 6.83. The Bertz CT molecular complexity index is 361. The molecule has 1 saturated heterocycles. The zero-order chi connectivity index (χ0) is 9.97. The maximum Gasteiger partial charge on any atom is 0.139 e. The molecule has 74 valence electrons. The minimum atomic E-state index is 0.246. The minimum Gasteiger partial charge on any atom is -0.377 e. The van der Waals surface area contributed by atoms with E-state index in [0.717, 1.165) is 5.69 Å². The molecule has 1 N–H and O–H groups in total. The zero-order valence-electron chi connectivity index (χ0n) is 8.03. The molecule has 1 aromatic rings. The molecule has 0 atom stereocenters. The summed E-state index contributed by atoms with van der Waals surface area (Å²) in [5.74, 6) is 0. The van der Waals surface area contributed by atoms with Gasteiger partial charge in [0.1, 0.15) is 17.8 Å². The van der Waals surface area contributed by atoms with Gasteiger partial charge in [0.25, 0.3) is 0 Å². The molecule has 0 spiro atoms. The van der Waals surface area contributed by atoms with Gasteiger partial charge in [0.05, 0.1) is 18.9 Å². The molecular weight excluding hydrogens is 180 g/mol. The van der Waals surface area contributed by atoms with Crippen molar-refractivity contribution in [1.29, 1.82) is 5.26 Å². The van der Waals surface area contributed by atoms with Crippen molar-refractivity contribution in [1.82, 2.24) is 15.1 Å². The largest absolute Gasteiger partial charge is 0.377 e. The molecule has 0 unspecified atom stereocenters. The summed E-state index contributed by atoms with van der Waals surface area (Å²) in [4.78, 5) is 0. The first-order valence-electron chi connectivity index (χ1n) is 4.56. The molecular formula is C9H12N4O. The number of aromatic nitrogens is 2. The predicted molar refractivity (Wildman–Crippen MR) is 49.6 cm³/mol. The quantitative estimate of drug-likeness (QED) is 0.734. The lowest BCUT2D eigenvalue weighted by Crippen LogP contribution is -2.32. The number of hydrogen-bond donors (Lipinski definition) is 1. The van der Waals surface area contributed by atoms with Gasteiger partial charge in [0, 0.05) is 6.54 Å². The van der Waals surface area contributed by atoms with Crippen LogP contribution in [0, 0.1) is 11.3 Å². The molecule has 0 saturated carbocycles. The highest BCUT2D eigenvalue weighted by Crippen LogP contribution is 2.18. The molecule has 1 fully saturated rings. The van der Waals surface area contributed by atoms with Crippen LogP contribution in [0.2, 0.25) is 0 Å². The van der Waals surface area contributed by atoms with Gasteiger partial charge in [-0.15, -0.1) is 0 Å². The van der Waals surface area contributed by atoms with Gasteiger partial charge >= 0.3 is 0 Å². The fraction of sp³-hybridized carbons (Fsp3) is 0.556. The lowest BCUT2D eigenvalue weighted by atomic mass is 10.2. The van der Waals surface area contributed by atoms with E-state index >= 15 is 0 Å². The molecule has 5 nitrogen and oxygen atoms in total. The van der Waals surface area contributed by atoms with Crippen molar-refractivity contribution in [3.8, 4) is 6.07 Å². The number of nitrogens with zero attached hydrogens (tertiary/aromatic N) is 3. The van der Waals surface area contributed by atoms with Gasteiger partial charge in [-0.2, -0.15) is 10.4 Å². The number of nitriles is 1. The van der Waals surface area contributed by atoms with Crippen LogP contribution in [-0.2, 0) is 11.3 Å². The van der Waals surface area contributed by atoms with Gasteiger partial charge in [0.2, 0.25) is 0 Å². The number of ether oxygens (including phenoxy) is 1. The average molecular weight is 192 g/mol. The summed E-state index contributed by atoms with van der Waals surface area (Å²) in [6.07, 6.45) is 0. The van der Waals surface area contributed by atoms with Crippen LogP contribution in [0.1, 0.15) is 17.4 Å². The molecule has 0 aliphatic carbocycles. The Morgan fingerprint density at radius 3 is 3.07 bits per heavy atom. The van der Waals surface area contributed by atoms with E-state index in [4.69, 9.17) is 10.00 Å². The van der Waals surface area contributed by atoms with Crippen LogP contribution in [0.25, 0.3) is 0 Å². The summed E-state index contributed by atoms with van der Waals surface area (Å²) >= 11 is 0. The maximum atomic E-state index is 8.90. The van der Waals surface area contributed by atoms with E-state index in [2.05, 4.69) is 16.5 Å². The van der Waals surface area contributed by atoms with Crippen molar-refractivity contribution in [2.75, 3.05) is 20.3 Å². The van der Waals surface area contributed by atoms with Crippen molar-refractivity contribution in [2.24, 2.45) is 0 Å². The Labute approximate surface area is 82.3 Å².